The number of likely N-dealkylation sites (tertiary alicyclic amines) is 1. The molecule has 0 spiro atoms. The molecule has 250 valence electrons. The first kappa shape index (κ1) is 34.9. The second kappa shape index (κ2) is 15.1. The summed E-state index contributed by atoms with van der Waals surface area (Å²) in [4.78, 5) is 13.7. The molecule has 0 bridgehead atoms. The summed E-state index contributed by atoms with van der Waals surface area (Å²) < 4.78 is 81.7. The van der Waals surface area contributed by atoms with Gasteiger partial charge < -0.3 is 29.4 Å². The van der Waals surface area contributed by atoms with Crippen LogP contribution in [0.25, 0.3) is 10.9 Å². The van der Waals surface area contributed by atoms with Crippen molar-refractivity contribution in [1.82, 2.24) is 9.47 Å². The number of aromatic nitrogens is 1. The lowest BCUT2D eigenvalue weighted by molar-refractivity contribution is -0.150. The lowest BCUT2D eigenvalue weighted by Crippen LogP contribution is -2.44. The molecular formula is C32H39F3N4O6S. The standard InChI is InChI=1S/C32H39F3N4O6S/c1-22(40)45-25(20-43-2)19-38-15-12-23(13-16-38)37-28-8-5-9-30-27(28)17-24(39(30)21-32(33,34)35)7-6-14-36-29-11-10-26(46(4,41)42)18-31(29)44-3/h5,8-11,17-18,23,25,36-37H,12-16,19-21H2,1-4H3. The molecule has 1 unspecified atom stereocenters. The minimum Gasteiger partial charge on any atom is -0.495 e. The number of hydrogen-bond donors (Lipinski definition) is 2. The molecule has 0 aliphatic carbocycles. The molecule has 2 aromatic carbocycles. The van der Waals surface area contributed by atoms with Crippen molar-refractivity contribution in [2.24, 2.45) is 0 Å². The number of sulfone groups is 1. The summed E-state index contributed by atoms with van der Waals surface area (Å²) in [5.74, 6) is 5.71. The van der Waals surface area contributed by atoms with Crippen molar-refractivity contribution >= 4 is 38.1 Å². The second-order valence-corrected chi connectivity index (χ2v) is 13.2. The van der Waals surface area contributed by atoms with Crippen LogP contribution in [0, 0.1) is 11.8 Å². The van der Waals surface area contributed by atoms with Gasteiger partial charge in [0, 0.05) is 63.1 Å². The predicted molar refractivity (Wildman–Crippen MR) is 170 cm³/mol. The Kier molecular flexibility index (Phi) is 11.5. The van der Waals surface area contributed by atoms with Gasteiger partial charge in [-0.15, -0.1) is 0 Å². The van der Waals surface area contributed by atoms with Gasteiger partial charge in [0.15, 0.2) is 9.84 Å². The summed E-state index contributed by atoms with van der Waals surface area (Å²) in [6.45, 7) is 2.65. The van der Waals surface area contributed by atoms with E-state index in [4.69, 9.17) is 14.2 Å². The number of benzene rings is 2. The smallest absolute Gasteiger partial charge is 0.406 e. The number of ether oxygens (including phenoxy) is 3. The zero-order chi connectivity index (χ0) is 33.5. The third-order valence-electron chi connectivity index (χ3n) is 7.56. The fourth-order valence-electron chi connectivity index (χ4n) is 5.50. The minimum absolute atomic E-state index is 0.0779. The van der Waals surface area contributed by atoms with Gasteiger partial charge in [-0.25, -0.2) is 8.42 Å². The number of anilines is 2. The zero-order valence-corrected chi connectivity index (χ0v) is 27.1. The van der Waals surface area contributed by atoms with Crippen LogP contribution in [0.5, 0.6) is 5.75 Å². The maximum Gasteiger partial charge on any atom is 0.406 e. The number of esters is 1. The SMILES string of the molecule is COCC(CN1CCC(Nc2cccc3c2cc(C#CCNc2ccc(S(C)(=O)=O)cc2OC)n3CC(F)(F)F)CC1)OC(C)=O. The molecule has 2 N–H and O–H groups in total. The average molecular weight is 665 g/mol. The average Bonchev–Trinajstić information content (AvgIpc) is 3.32. The van der Waals surface area contributed by atoms with Crippen LogP contribution in [-0.4, -0.2) is 95.4 Å². The van der Waals surface area contributed by atoms with Gasteiger partial charge >= 0.3 is 12.1 Å². The van der Waals surface area contributed by atoms with Gasteiger partial charge in [-0.1, -0.05) is 12.0 Å². The number of carbonyl (C=O) groups excluding carboxylic acids is 1. The first-order valence-corrected chi connectivity index (χ1v) is 16.6. The molecule has 0 saturated carbocycles. The van der Waals surface area contributed by atoms with E-state index in [0.29, 0.717) is 35.5 Å². The highest BCUT2D eigenvalue weighted by atomic mass is 32.2. The molecule has 1 aromatic heterocycles. The number of piperidine rings is 1. The highest BCUT2D eigenvalue weighted by Crippen LogP contribution is 2.32. The van der Waals surface area contributed by atoms with Crippen LogP contribution in [0.15, 0.2) is 47.4 Å². The molecule has 0 amide bonds. The van der Waals surface area contributed by atoms with E-state index in [0.717, 1.165) is 37.9 Å². The summed E-state index contributed by atoms with van der Waals surface area (Å²) in [5.41, 5.74) is 1.86. The maximum absolute atomic E-state index is 13.7. The Morgan fingerprint density at radius 1 is 1.11 bits per heavy atom. The zero-order valence-electron chi connectivity index (χ0n) is 26.2. The van der Waals surface area contributed by atoms with Gasteiger partial charge in [-0.2, -0.15) is 13.2 Å². The molecule has 4 rings (SSSR count). The molecule has 1 aliphatic heterocycles. The van der Waals surface area contributed by atoms with E-state index in [1.54, 1.807) is 31.4 Å². The van der Waals surface area contributed by atoms with Crippen molar-refractivity contribution in [3.63, 3.8) is 0 Å². The summed E-state index contributed by atoms with van der Waals surface area (Å²) >= 11 is 0. The molecule has 1 atom stereocenters. The molecule has 10 nitrogen and oxygen atoms in total. The quantitative estimate of drug-likeness (QED) is 0.213. The van der Waals surface area contributed by atoms with Crippen LogP contribution in [-0.2, 0) is 30.7 Å². The van der Waals surface area contributed by atoms with Crippen LogP contribution in [0.2, 0.25) is 0 Å². The van der Waals surface area contributed by atoms with Crippen molar-refractivity contribution in [2.45, 2.75) is 49.5 Å². The van der Waals surface area contributed by atoms with Crippen molar-refractivity contribution < 1.29 is 40.6 Å². The van der Waals surface area contributed by atoms with Crippen LogP contribution in [0.1, 0.15) is 25.5 Å². The summed E-state index contributed by atoms with van der Waals surface area (Å²) in [7, 11) is -0.459. The molecule has 0 radical (unpaired) electrons. The maximum atomic E-state index is 13.7. The summed E-state index contributed by atoms with van der Waals surface area (Å²) in [6.07, 6.45) is -2.12. The number of methoxy groups -OCH3 is 2. The highest BCUT2D eigenvalue weighted by Gasteiger charge is 2.30. The summed E-state index contributed by atoms with van der Waals surface area (Å²) in [6, 6.07) is 11.4. The van der Waals surface area contributed by atoms with E-state index < -0.39 is 22.6 Å². The first-order chi connectivity index (χ1) is 21.8. The number of alkyl halides is 3. The lowest BCUT2D eigenvalue weighted by Gasteiger charge is -2.34. The largest absolute Gasteiger partial charge is 0.495 e. The van der Waals surface area contributed by atoms with Crippen molar-refractivity contribution in [3.05, 3.63) is 48.2 Å². The van der Waals surface area contributed by atoms with Crippen LogP contribution in [0.4, 0.5) is 24.5 Å². The highest BCUT2D eigenvalue weighted by molar-refractivity contribution is 7.90. The van der Waals surface area contributed by atoms with Gasteiger partial charge in [0.1, 0.15) is 18.4 Å². The molecule has 2 heterocycles. The monoisotopic (exact) mass is 664 g/mol. The molecule has 14 heteroatoms. The van der Waals surface area contributed by atoms with Gasteiger partial charge in [-0.3, -0.25) is 9.69 Å². The van der Waals surface area contributed by atoms with E-state index in [1.165, 1.54) is 30.7 Å². The Morgan fingerprint density at radius 3 is 2.48 bits per heavy atom. The number of hydrogen-bond acceptors (Lipinski definition) is 9. The Balaban J connectivity index is 1.49. The lowest BCUT2D eigenvalue weighted by atomic mass is 10.0. The van der Waals surface area contributed by atoms with E-state index in [9.17, 15) is 26.4 Å². The van der Waals surface area contributed by atoms with Crippen LogP contribution < -0.4 is 15.4 Å². The normalized spacial score (nSPS) is 15.2. The van der Waals surface area contributed by atoms with E-state index in [-0.39, 0.29) is 35.2 Å². The van der Waals surface area contributed by atoms with E-state index in [2.05, 4.69) is 27.4 Å². The number of nitrogens with zero attached hydrogens (tertiary/aromatic N) is 2. The number of halogens is 3. The third kappa shape index (κ3) is 9.54. The number of nitrogens with one attached hydrogen (secondary N) is 2. The Labute approximate surface area is 267 Å². The second-order valence-electron chi connectivity index (χ2n) is 11.2. The van der Waals surface area contributed by atoms with Gasteiger partial charge in [0.25, 0.3) is 0 Å². The molecule has 1 fully saturated rings. The number of carbonyl (C=O) groups is 1. The Hall–Kier alpha value is -3.93. The van der Waals surface area contributed by atoms with Crippen LogP contribution >= 0.6 is 0 Å². The third-order valence-corrected chi connectivity index (χ3v) is 8.67. The fourth-order valence-corrected chi connectivity index (χ4v) is 6.13. The van der Waals surface area contributed by atoms with Crippen molar-refractivity contribution in [3.8, 4) is 17.6 Å². The van der Waals surface area contributed by atoms with Crippen LogP contribution in [0.3, 0.4) is 0 Å². The number of rotatable bonds is 12. The molecule has 46 heavy (non-hydrogen) atoms. The molecule has 1 saturated heterocycles. The van der Waals surface area contributed by atoms with Crippen molar-refractivity contribution in [1.29, 1.82) is 0 Å². The topological polar surface area (TPSA) is 111 Å². The molecule has 3 aromatic rings. The van der Waals surface area contributed by atoms with Gasteiger partial charge in [-0.05, 0) is 49.1 Å². The van der Waals surface area contributed by atoms with Crippen molar-refractivity contribution in [2.75, 3.05) is 63.9 Å². The molecular weight excluding hydrogens is 625 g/mol. The Bertz CT molecular complexity index is 1690. The van der Waals surface area contributed by atoms with Gasteiger partial charge in [0.2, 0.25) is 0 Å². The minimum atomic E-state index is -4.46. The molecule has 1 aliphatic rings. The van der Waals surface area contributed by atoms with E-state index >= 15 is 0 Å². The summed E-state index contributed by atoms with van der Waals surface area (Å²) in [5, 5.41) is 7.20. The fraction of sp³-hybridized carbons (Fsp3) is 0.469. The predicted octanol–water partition coefficient (Wildman–Crippen LogP) is 4.53. The number of fused-ring (bicyclic) bond motifs is 1. The first-order valence-electron chi connectivity index (χ1n) is 14.7. The Morgan fingerprint density at radius 2 is 1.85 bits per heavy atom. The van der Waals surface area contributed by atoms with Gasteiger partial charge in [0.05, 0.1) is 42.1 Å². The van der Waals surface area contributed by atoms with E-state index in [1.807, 2.05) is 6.07 Å².